The Hall–Kier alpha value is -3.30. The topological polar surface area (TPSA) is 107 Å². The molecule has 1 amide bonds. The number of hydrogen-bond acceptors (Lipinski definition) is 6. The third kappa shape index (κ3) is 3.94. The van der Waals surface area contributed by atoms with Crippen LogP contribution in [0.5, 0.6) is 0 Å². The first-order valence-corrected chi connectivity index (χ1v) is 8.72. The Balaban J connectivity index is 1.81. The molecule has 1 N–H and O–H groups in total. The second-order valence-electron chi connectivity index (χ2n) is 5.17. The van der Waals surface area contributed by atoms with E-state index < -0.39 is 10.8 Å². The number of nitrogens with zero attached hydrogens (tertiary/aromatic N) is 3. The molecule has 0 atom stereocenters. The molecule has 3 rings (SSSR count). The average Bonchev–Trinajstić information content (AvgIpc) is 2.95. The van der Waals surface area contributed by atoms with Crippen LogP contribution in [0.1, 0.15) is 15.2 Å². The largest absolute Gasteiger partial charge is 0.313 e. The first kappa shape index (κ1) is 18.5. The summed E-state index contributed by atoms with van der Waals surface area (Å²) in [6.07, 6.45) is 1.22. The quantitative estimate of drug-likeness (QED) is 0.401. The highest BCUT2D eigenvalue weighted by Gasteiger charge is 2.19. The number of benzene rings is 2. The Morgan fingerprint density at radius 1 is 1.19 bits per heavy atom. The third-order valence-corrected chi connectivity index (χ3v) is 4.85. The summed E-state index contributed by atoms with van der Waals surface area (Å²) in [5.74, 6) is -0.746. The van der Waals surface area contributed by atoms with E-state index >= 15 is 0 Å². The SMILES string of the molecule is O=C(NN=Cc1sc(=O)n(-c2ccccc2)c1Cl)c1ccccc1[N+](=O)[O-]. The zero-order valence-corrected chi connectivity index (χ0v) is 15.1. The van der Waals surface area contributed by atoms with Crippen molar-refractivity contribution in [1.82, 2.24) is 9.99 Å². The second kappa shape index (κ2) is 7.94. The summed E-state index contributed by atoms with van der Waals surface area (Å²) in [4.78, 5) is 34.6. The molecule has 27 heavy (non-hydrogen) atoms. The number of nitro groups is 1. The summed E-state index contributed by atoms with van der Waals surface area (Å²) in [7, 11) is 0. The van der Waals surface area contributed by atoms with Crippen molar-refractivity contribution in [3.05, 3.63) is 90.0 Å². The van der Waals surface area contributed by atoms with Gasteiger partial charge in [0.25, 0.3) is 11.6 Å². The van der Waals surface area contributed by atoms with Crippen LogP contribution < -0.4 is 10.3 Å². The maximum atomic E-state index is 12.2. The summed E-state index contributed by atoms with van der Waals surface area (Å²) in [5, 5.41) is 14.9. The lowest BCUT2D eigenvalue weighted by molar-refractivity contribution is -0.385. The number of aromatic nitrogens is 1. The van der Waals surface area contributed by atoms with Gasteiger partial charge in [0.1, 0.15) is 10.7 Å². The van der Waals surface area contributed by atoms with Crippen LogP contribution in [0.15, 0.2) is 64.5 Å². The average molecular weight is 403 g/mol. The van der Waals surface area contributed by atoms with Crippen molar-refractivity contribution < 1.29 is 9.72 Å². The molecule has 0 aliphatic rings. The molecule has 0 saturated heterocycles. The smallest absolute Gasteiger partial charge is 0.267 e. The minimum atomic E-state index is -0.746. The zero-order valence-electron chi connectivity index (χ0n) is 13.5. The van der Waals surface area contributed by atoms with Crippen LogP contribution >= 0.6 is 22.9 Å². The molecule has 10 heteroatoms. The molecule has 0 saturated carbocycles. The highest BCUT2D eigenvalue weighted by molar-refractivity contribution is 7.11. The van der Waals surface area contributed by atoms with Crippen LogP contribution in [0.25, 0.3) is 5.69 Å². The number of rotatable bonds is 5. The van der Waals surface area contributed by atoms with E-state index in [1.807, 2.05) is 6.07 Å². The summed E-state index contributed by atoms with van der Waals surface area (Å²) < 4.78 is 1.32. The van der Waals surface area contributed by atoms with E-state index in [1.165, 1.54) is 35.0 Å². The van der Waals surface area contributed by atoms with Gasteiger partial charge in [0.05, 0.1) is 21.7 Å². The van der Waals surface area contributed by atoms with E-state index in [2.05, 4.69) is 10.5 Å². The highest BCUT2D eigenvalue weighted by Crippen LogP contribution is 2.21. The molecule has 136 valence electrons. The van der Waals surface area contributed by atoms with Crippen LogP contribution in [0.4, 0.5) is 5.69 Å². The number of carbonyl (C=O) groups is 1. The van der Waals surface area contributed by atoms with Gasteiger partial charge in [-0.25, -0.2) is 5.43 Å². The van der Waals surface area contributed by atoms with Crippen LogP contribution in [0, 0.1) is 10.1 Å². The van der Waals surface area contributed by atoms with Crippen LogP contribution in [-0.4, -0.2) is 21.6 Å². The third-order valence-electron chi connectivity index (χ3n) is 3.49. The van der Waals surface area contributed by atoms with E-state index in [1.54, 1.807) is 24.3 Å². The number of halogens is 1. The first-order chi connectivity index (χ1) is 13.0. The monoisotopic (exact) mass is 402 g/mol. The summed E-state index contributed by atoms with van der Waals surface area (Å²) in [6, 6.07) is 14.3. The Morgan fingerprint density at radius 2 is 1.85 bits per heavy atom. The Bertz CT molecular complexity index is 1090. The molecular weight excluding hydrogens is 392 g/mol. The van der Waals surface area contributed by atoms with E-state index in [9.17, 15) is 19.7 Å². The summed E-state index contributed by atoms with van der Waals surface area (Å²) >= 11 is 7.10. The normalized spacial score (nSPS) is 10.9. The van der Waals surface area contributed by atoms with Gasteiger partial charge in [-0.2, -0.15) is 5.10 Å². The van der Waals surface area contributed by atoms with Gasteiger partial charge >= 0.3 is 4.87 Å². The number of amides is 1. The fraction of sp³-hybridized carbons (Fsp3) is 0. The molecule has 3 aromatic rings. The highest BCUT2D eigenvalue weighted by atomic mass is 35.5. The second-order valence-corrected chi connectivity index (χ2v) is 6.52. The molecule has 8 nitrogen and oxygen atoms in total. The van der Waals surface area contributed by atoms with Gasteiger partial charge in [-0.3, -0.25) is 24.3 Å². The molecule has 2 aromatic carbocycles. The standard InChI is InChI=1S/C17H11ClN4O4S/c18-15-14(27-17(24)21(15)11-6-2-1-3-7-11)10-19-20-16(23)12-8-4-5-9-13(12)22(25)26/h1-10H,(H,20,23). The molecule has 0 bridgehead atoms. The van der Waals surface area contributed by atoms with Gasteiger partial charge < -0.3 is 0 Å². The Kier molecular flexibility index (Phi) is 5.43. The van der Waals surface area contributed by atoms with E-state index in [0.29, 0.717) is 10.6 Å². The van der Waals surface area contributed by atoms with Crippen molar-refractivity contribution in [2.75, 3.05) is 0 Å². The predicted octanol–water partition coefficient (Wildman–Crippen LogP) is 3.22. The Labute approximate surface area is 161 Å². The fourth-order valence-electron chi connectivity index (χ4n) is 2.28. The maximum Gasteiger partial charge on any atom is 0.313 e. The van der Waals surface area contributed by atoms with E-state index in [4.69, 9.17) is 11.6 Å². The van der Waals surface area contributed by atoms with Gasteiger partial charge in [-0.1, -0.05) is 53.3 Å². The molecule has 0 aliphatic carbocycles. The lowest BCUT2D eigenvalue weighted by Crippen LogP contribution is -2.18. The number of thiazole rings is 1. The van der Waals surface area contributed by atoms with Gasteiger partial charge in [0.2, 0.25) is 0 Å². The number of nitro benzene ring substituents is 1. The van der Waals surface area contributed by atoms with Crippen molar-refractivity contribution in [2.24, 2.45) is 5.10 Å². The van der Waals surface area contributed by atoms with Gasteiger partial charge in [0.15, 0.2) is 0 Å². The van der Waals surface area contributed by atoms with Gasteiger partial charge in [-0.15, -0.1) is 0 Å². The van der Waals surface area contributed by atoms with Crippen molar-refractivity contribution in [2.45, 2.75) is 0 Å². The minimum Gasteiger partial charge on any atom is -0.267 e. The molecule has 1 heterocycles. The predicted molar refractivity (Wildman–Crippen MR) is 103 cm³/mol. The summed E-state index contributed by atoms with van der Waals surface area (Å²) in [5.41, 5.74) is 2.35. The van der Waals surface area contributed by atoms with Crippen molar-refractivity contribution >= 4 is 40.7 Å². The first-order valence-electron chi connectivity index (χ1n) is 7.52. The van der Waals surface area contributed by atoms with Crippen molar-refractivity contribution in [3.63, 3.8) is 0 Å². The Morgan fingerprint density at radius 3 is 2.56 bits per heavy atom. The lowest BCUT2D eigenvalue weighted by atomic mass is 10.2. The van der Waals surface area contributed by atoms with E-state index in [0.717, 1.165) is 11.3 Å². The number of carbonyl (C=O) groups excluding carboxylic acids is 1. The van der Waals surface area contributed by atoms with Crippen LogP contribution in [0.3, 0.4) is 0 Å². The number of hydrogen-bond donors (Lipinski definition) is 1. The molecule has 1 aromatic heterocycles. The molecular formula is C17H11ClN4O4S. The van der Waals surface area contributed by atoms with E-state index in [-0.39, 0.29) is 21.3 Å². The number of hydrazone groups is 1. The lowest BCUT2D eigenvalue weighted by Gasteiger charge is -2.02. The van der Waals surface area contributed by atoms with Gasteiger partial charge in [-0.05, 0) is 18.2 Å². The molecule has 0 spiro atoms. The summed E-state index contributed by atoms with van der Waals surface area (Å²) in [6.45, 7) is 0. The molecule has 0 unspecified atom stereocenters. The van der Waals surface area contributed by atoms with Crippen molar-refractivity contribution in [3.8, 4) is 5.69 Å². The number of nitrogens with one attached hydrogen (secondary N) is 1. The molecule has 0 radical (unpaired) electrons. The van der Waals surface area contributed by atoms with Crippen LogP contribution in [-0.2, 0) is 0 Å². The molecule has 0 aliphatic heterocycles. The van der Waals surface area contributed by atoms with Crippen molar-refractivity contribution in [1.29, 1.82) is 0 Å². The minimum absolute atomic E-state index is 0.124. The fourth-order valence-corrected chi connectivity index (χ4v) is 3.43. The maximum absolute atomic E-state index is 12.2. The van der Waals surface area contributed by atoms with Crippen LogP contribution in [0.2, 0.25) is 5.15 Å². The number of para-hydroxylation sites is 2. The van der Waals surface area contributed by atoms with Gasteiger partial charge in [0, 0.05) is 6.07 Å². The molecule has 0 fully saturated rings. The zero-order chi connectivity index (χ0) is 19.4.